The van der Waals surface area contributed by atoms with E-state index in [2.05, 4.69) is 68.2 Å². The van der Waals surface area contributed by atoms with Crippen LogP contribution in [0.5, 0.6) is 0 Å². The average Bonchev–Trinajstić information content (AvgIpc) is 2.68. The largest absolute Gasteiger partial charge is 0.302 e. The molecule has 1 unspecified atom stereocenters. The Hall–Kier alpha value is -2.94. The molecule has 27 heavy (non-hydrogen) atoms. The molecule has 1 atom stereocenters. The van der Waals surface area contributed by atoms with Crippen molar-refractivity contribution in [1.82, 2.24) is 4.98 Å². The Bertz CT molecular complexity index is 966. The van der Waals surface area contributed by atoms with E-state index in [1.807, 2.05) is 17.0 Å². The molecule has 0 N–H and O–H groups in total. The molecular weight excluding hydrogens is 332 g/mol. The zero-order valence-corrected chi connectivity index (χ0v) is 16.0. The molecule has 0 saturated heterocycles. The van der Waals surface area contributed by atoms with Gasteiger partial charge in [0.1, 0.15) is 0 Å². The molecule has 2 aromatic carbocycles. The summed E-state index contributed by atoms with van der Waals surface area (Å²) in [5.74, 6) is 0.0185. The summed E-state index contributed by atoms with van der Waals surface area (Å²) in [4.78, 5) is 19.4. The Morgan fingerprint density at radius 3 is 2.22 bits per heavy atom. The highest BCUT2D eigenvalue weighted by atomic mass is 16.2. The molecule has 0 spiro atoms. The monoisotopic (exact) mass is 356 g/mol. The van der Waals surface area contributed by atoms with Crippen molar-refractivity contribution in [3.8, 4) is 0 Å². The predicted molar refractivity (Wildman–Crippen MR) is 109 cm³/mol. The lowest BCUT2D eigenvalue weighted by atomic mass is 9.65. The first-order valence-electron chi connectivity index (χ1n) is 9.33. The number of amides is 1. The smallest absolute Gasteiger partial charge is 0.258 e. The number of para-hydroxylation sites is 1. The molecule has 1 aliphatic heterocycles. The summed E-state index contributed by atoms with van der Waals surface area (Å²) in [5, 5.41) is 0. The minimum absolute atomic E-state index is 0.0185. The maximum atomic E-state index is 13.4. The average molecular weight is 356 g/mol. The molecule has 1 aliphatic rings. The Morgan fingerprint density at radius 2 is 1.52 bits per heavy atom. The second-order valence-corrected chi connectivity index (χ2v) is 8.08. The van der Waals surface area contributed by atoms with Crippen molar-refractivity contribution in [1.29, 1.82) is 0 Å². The predicted octanol–water partition coefficient (Wildman–Crippen LogP) is 5.22. The first-order valence-corrected chi connectivity index (χ1v) is 9.33. The molecule has 0 saturated carbocycles. The van der Waals surface area contributed by atoms with E-state index in [9.17, 15) is 4.79 Å². The maximum Gasteiger partial charge on any atom is 0.258 e. The summed E-state index contributed by atoms with van der Waals surface area (Å²) >= 11 is 0. The van der Waals surface area contributed by atoms with E-state index in [1.165, 1.54) is 11.1 Å². The van der Waals surface area contributed by atoms with Crippen LogP contribution in [-0.4, -0.2) is 16.4 Å². The van der Waals surface area contributed by atoms with Crippen LogP contribution >= 0.6 is 0 Å². The molecular formula is C24H24N2O. The van der Waals surface area contributed by atoms with Crippen molar-refractivity contribution >= 4 is 11.6 Å². The molecule has 136 valence electrons. The van der Waals surface area contributed by atoms with Crippen LogP contribution in [0.3, 0.4) is 0 Å². The SMILES string of the molecule is CC1(c2ccccc2)CC(C)(C)N(C(=O)c2ccncc2)c2ccccc21. The number of aromatic nitrogens is 1. The Labute approximate surface area is 160 Å². The molecule has 4 rings (SSSR count). The van der Waals surface area contributed by atoms with Crippen molar-refractivity contribution in [2.45, 2.75) is 38.1 Å². The van der Waals surface area contributed by atoms with Crippen LogP contribution < -0.4 is 4.90 Å². The summed E-state index contributed by atoms with van der Waals surface area (Å²) in [6, 6.07) is 22.5. The van der Waals surface area contributed by atoms with Gasteiger partial charge < -0.3 is 4.90 Å². The van der Waals surface area contributed by atoms with E-state index in [1.54, 1.807) is 24.5 Å². The molecule has 3 heteroatoms. The normalized spacial score (nSPS) is 20.8. The number of fused-ring (bicyclic) bond motifs is 1. The lowest BCUT2D eigenvalue weighted by Gasteiger charge is -2.51. The lowest BCUT2D eigenvalue weighted by Crippen LogP contribution is -2.55. The number of nitrogens with zero attached hydrogens (tertiary/aromatic N) is 2. The number of hydrogen-bond acceptors (Lipinski definition) is 2. The number of carbonyl (C=O) groups excluding carboxylic acids is 1. The fourth-order valence-electron chi connectivity index (χ4n) is 4.57. The highest BCUT2D eigenvalue weighted by molar-refractivity contribution is 6.08. The zero-order valence-electron chi connectivity index (χ0n) is 16.0. The highest BCUT2D eigenvalue weighted by Gasteiger charge is 2.47. The maximum absolute atomic E-state index is 13.4. The molecule has 0 aliphatic carbocycles. The van der Waals surface area contributed by atoms with Gasteiger partial charge >= 0.3 is 0 Å². The standard InChI is InChI=1S/C24H24N2O/c1-23(2)17-24(3,19-9-5-4-6-10-19)20-11-7-8-12-21(20)26(23)22(27)18-13-15-25-16-14-18/h4-16H,17H2,1-3H3. The van der Waals surface area contributed by atoms with Crippen molar-refractivity contribution in [3.05, 3.63) is 95.8 Å². The van der Waals surface area contributed by atoms with Gasteiger partial charge in [0.25, 0.3) is 5.91 Å². The minimum Gasteiger partial charge on any atom is -0.302 e. The summed E-state index contributed by atoms with van der Waals surface area (Å²) in [5.41, 5.74) is 3.63. The highest BCUT2D eigenvalue weighted by Crippen LogP contribution is 2.50. The number of hydrogen-bond donors (Lipinski definition) is 0. The van der Waals surface area contributed by atoms with Gasteiger partial charge in [0.15, 0.2) is 0 Å². The fraction of sp³-hybridized carbons (Fsp3) is 0.250. The third-order valence-corrected chi connectivity index (χ3v) is 5.67. The number of anilines is 1. The lowest BCUT2D eigenvalue weighted by molar-refractivity contribution is 0.0948. The molecule has 0 bridgehead atoms. The summed E-state index contributed by atoms with van der Waals surface area (Å²) in [6.45, 7) is 6.60. The van der Waals surface area contributed by atoms with Gasteiger partial charge in [0.05, 0.1) is 0 Å². The van der Waals surface area contributed by atoms with E-state index in [4.69, 9.17) is 0 Å². The van der Waals surface area contributed by atoms with Gasteiger partial charge in [0.2, 0.25) is 0 Å². The molecule has 1 aromatic heterocycles. The number of pyridine rings is 1. The molecule has 0 fully saturated rings. The molecule has 2 heterocycles. The van der Waals surface area contributed by atoms with Gasteiger partial charge in [-0.2, -0.15) is 0 Å². The number of benzene rings is 2. The van der Waals surface area contributed by atoms with E-state index in [-0.39, 0.29) is 16.9 Å². The first kappa shape index (κ1) is 17.5. The quantitative estimate of drug-likeness (QED) is 0.631. The fourth-order valence-corrected chi connectivity index (χ4v) is 4.57. The van der Waals surface area contributed by atoms with E-state index >= 15 is 0 Å². The summed E-state index contributed by atoms with van der Waals surface area (Å²) < 4.78 is 0. The summed E-state index contributed by atoms with van der Waals surface area (Å²) in [6.07, 6.45) is 4.19. The van der Waals surface area contributed by atoms with Gasteiger partial charge in [-0.3, -0.25) is 9.78 Å². The topological polar surface area (TPSA) is 33.2 Å². The van der Waals surface area contributed by atoms with E-state index in [0.717, 1.165) is 12.1 Å². The second-order valence-electron chi connectivity index (χ2n) is 8.08. The van der Waals surface area contributed by atoms with E-state index in [0.29, 0.717) is 5.56 Å². The molecule has 3 nitrogen and oxygen atoms in total. The number of carbonyl (C=O) groups is 1. The van der Waals surface area contributed by atoms with Crippen LogP contribution in [0.4, 0.5) is 5.69 Å². The van der Waals surface area contributed by atoms with Crippen molar-refractivity contribution in [2.24, 2.45) is 0 Å². The van der Waals surface area contributed by atoms with Gasteiger partial charge in [-0.05, 0) is 49.6 Å². The Kier molecular flexibility index (Phi) is 4.11. The molecule has 1 amide bonds. The minimum atomic E-state index is -0.334. The van der Waals surface area contributed by atoms with Gasteiger partial charge in [0, 0.05) is 34.6 Å². The molecule has 3 aromatic rings. The van der Waals surface area contributed by atoms with E-state index < -0.39 is 0 Å². The number of rotatable bonds is 2. The molecule has 0 radical (unpaired) electrons. The third kappa shape index (κ3) is 2.84. The van der Waals surface area contributed by atoms with Crippen LogP contribution in [0.25, 0.3) is 0 Å². The van der Waals surface area contributed by atoms with Crippen LogP contribution in [0, 0.1) is 0 Å². The zero-order chi connectivity index (χ0) is 19.1. The van der Waals surface area contributed by atoms with Gasteiger partial charge in [-0.15, -0.1) is 0 Å². The Balaban J connectivity index is 1.90. The van der Waals surface area contributed by atoms with Crippen molar-refractivity contribution in [2.75, 3.05) is 4.90 Å². The van der Waals surface area contributed by atoms with Gasteiger partial charge in [-0.1, -0.05) is 55.5 Å². The second kappa shape index (κ2) is 6.34. The first-order chi connectivity index (χ1) is 12.9. The van der Waals surface area contributed by atoms with Gasteiger partial charge in [-0.25, -0.2) is 0 Å². The summed E-state index contributed by atoms with van der Waals surface area (Å²) in [7, 11) is 0. The Morgan fingerprint density at radius 1 is 0.889 bits per heavy atom. The van der Waals surface area contributed by atoms with Crippen LogP contribution in [-0.2, 0) is 5.41 Å². The van der Waals surface area contributed by atoms with Crippen LogP contribution in [0.15, 0.2) is 79.1 Å². The van der Waals surface area contributed by atoms with Crippen LogP contribution in [0.2, 0.25) is 0 Å². The van der Waals surface area contributed by atoms with Crippen molar-refractivity contribution in [3.63, 3.8) is 0 Å². The van der Waals surface area contributed by atoms with Crippen molar-refractivity contribution < 1.29 is 4.79 Å². The van der Waals surface area contributed by atoms with Crippen LogP contribution in [0.1, 0.15) is 48.7 Å². The third-order valence-electron chi connectivity index (χ3n) is 5.67.